The van der Waals surface area contributed by atoms with Gasteiger partial charge < -0.3 is 25.5 Å². The van der Waals surface area contributed by atoms with E-state index in [0.29, 0.717) is 0 Å². The van der Waals surface area contributed by atoms with Gasteiger partial charge in [0.25, 0.3) is 0 Å². The van der Waals surface area contributed by atoms with Crippen molar-refractivity contribution >= 4 is 43.9 Å². The zero-order valence-electron chi connectivity index (χ0n) is 3.33. The van der Waals surface area contributed by atoms with Gasteiger partial charge >= 0.3 is 37.7 Å². The molecule has 0 aromatic carbocycles. The van der Waals surface area contributed by atoms with E-state index in [2.05, 4.69) is 0 Å². The van der Waals surface area contributed by atoms with Crippen molar-refractivity contribution in [3.8, 4) is 0 Å². The van der Waals surface area contributed by atoms with Gasteiger partial charge in [-0.15, -0.1) is 0 Å². The molecule has 0 bridgehead atoms. The molecule has 0 aromatic rings. The Morgan fingerprint density at radius 1 is 1.43 bits per heavy atom. The summed E-state index contributed by atoms with van der Waals surface area (Å²) in [4.78, 5) is 8.44. The molecule has 0 aliphatic rings. The number of carboxylic acid groups (broad SMARTS) is 2. The van der Waals surface area contributed by atoms with Gasteiger partial charge in [0.05, 0.1) is 0 Å². The van der Waals surface area contributed by atoms with Crippen LogP contribution in [-0.4, -0.2) is 54.3 Å². The molecule has 0 amide bonds. The predicted octanol–water partition coefficient (Wildman–Crippen LogP) is -2.67. The van der Waals surface area contributed by atoms with Gasteiger partial charge in [-0.05, 0) is 0 Å². The van der Waals surface area contributed by atoms with Gasteiger partial charge in [-0.3, -0.25) is 0 Å². The second kappa shape index (κ2) is 16.1. The molecule has 0 unspecified atom stereocenters. The van der Waals surface area contributed by atoms with Crippen LogP contribution in [0.3, 0.4) is 0 Å². The first-order valence-corrected chi connectivity index (χ1v) is 0.814. The summed E-state index contributed by atoms with van der Waals surface area (Å²) in [6.45, 7) is 0. The quantitative estimate of drug-likeness (QED) is 0.213. The van der Waals surface area contributed by atoms with Gasteiger partial charge in [-0.1, -0.05) is 0 Å². The summed E-state index contributed by atoms with van der Waals surface area (Å²) in [5, 5.41) is 28.3. The van der Waals surface area contributed by atoms with Crippen LogP contribution in [-0.2, 0) is 0 Å². The van der Waals surface area contributed by atoms with Gasteiger partial charge in [-0.25, -0.2) is 0 Å². The Kier molecular flexibility index (Phi) is 36.0. The SMILES string of the molecule is O=C([O-])O.[Ca+2].[O-]O. The standard InChI is InChI=1S/CH2O3.Ca.H2O2/c2-1(3)4;;1-2/h(H2,2,3,4);;1-2H/q;+2;/p-2. The Labute approximate surface area is 69.1 Å². The Morgan fingerprint density at radius 3 is 1.43 bits per heavy atom. The van der Waals surface area contributed by atoms with Crippen LogP contribution in [0.25, 0.3) is 0 Å². The van der Waals surface area contributed by atoms with E-state index in [1.165, 1.54) is 0 Å². The average Bonchev–Trinajstić information content (AvgIpc) is 1.41. The first-order valence-electron chi connectivity index (χ1n) is 0.814. The molecule has 0 aromatic heterocycles. The van der Waals surface area contributed by atoms with Crippen molar-refractivity contribution in [2.75, 3.05) is 0 Å². The van der Waals surface area contributed by atoms with E-state index >= 15 is 0 Å². The molecular weight excluding hydrogens is 132 g/mol. The first-order chi connectivity index (χ1) is 2.73. The number of rotatable bonds is 0. The van der Waals surface area contributed by atoms with E-state index in [1.807, 2.05) is 0 Å². The fraction of sp³-hybridized carbons (Fsp3) is 0. The van der Waals surface area contributed by atoms with Crippen molar-refractivity contribution in [1.29, 1.82) is 0 Å². The summed E-state index contributed by atoms with van der Waals surface area (Å²) in [6, 6.07) is 0. The van der Waals surface area contributed by atoms with Gasteiger partial charge in [0.15, 0.2) is 0 Å². The summed E-state index contributed by atoms with van der Waals surface area (Å²) in [6.07, 6.45) is -2.08. The molecule has 6 heteroatoms. The van der Waals surface area contributed by atoms with Crippen LogP contribution in [0.2, 0.25) is 0 Å². The van der Waals surface area contributed by atoms with E-state index in [0.717, 1.165) is 0 Å². The largest absolute Gasteiger partial charge is 2.00 e. The fourth-order valence-electron chi connectivity index (χ4n) is 0. The molecule has 7 heavy (non-hydrogen) atoms. The molecule has 0 saturated heterocycles. The molecule has 0 radical (unpaired) electrons. The maximum absolute atomic E-state index is 8.44. The maximum atomic E-state index is 8.44. The smallest absolute Gasteiger partial charge is 0.727 e. The third-order valence-electron chi connectivity index (χ3n) is 0. The van der Waals surface area contributed by atoms with Crippen molar-refractivity contribution in [3.63, 3.8) is 0 Å². The van der Waals surface area contributed by atoms with Crippen LogP contribution in [0.5, 0.6) is 0 Å². The Hall–Kier alpha value is 0.450. The van der Waals surface area contributed by atoms with E-state index in [9.17, 15) is 0 Å². The summed E-state index contributed by atoms with van der Waals surface area (Å²) >= 11 is 0. The molecule has 5 nitrogen and oxygen atoms in total. The molecule has 0 spiro atoms. The Morgan fingerprint density at radius 2 is 1.43 bits per heavy atom. The second-order valence-corrected chi connectivity index (χ2v) is 0.266. The van der Waals surface area contributed by atoms with Crippen LogP contribution in [0.1, 0.15) is 0 Å². The van der Waals surface area contributed by atoms with Crippen molar-refractivity contribution < 1.29 is 25.5 Å². The molecular formula is CH2CaO5. The third-order valence-corrected chi connectivity index (χ3v) is 0. The first kappa shape index (κ1) is 15.7. The van der Waals surface area contributed by atoms with Gasteiger partial charge in [0.2, 0.25) is 6.16 Å². The van der Waals surface area contributed by atoms with Crippen molar-refractivity contribution in [2.45, 2.75) is 0 Å². The Balaban J connectivity index is -0.0000000480. The van der Waals surface area contributed by atoms with Crippen molar-refractivity contribution in [1.82, 2.24) is 0 Å². The summed E-state index contributed by atoms with van der Waals surface area (Å²) in [7, 11) is 0. The second-order valence-electron chi connectivity index (χ2n) is 0.266. The molecule has 0 atom stereocenters. The van der Waals surface area contributed by atoms with Crippen LogP contribution >= 0.6 is 0 Å². The number of hydrogen-bond acceptors (Lipinski definition) is 4. The summed E-state index contributed by atoms with van der Waals surface area (Å²) in [5.74, 6) is 0. The van der Waals surface area contributed by atoms with Crippen LogP contribution in [0.15, 0.2) is 0 Å². The monoisotopic (exact) mass is 134 g/mol. The fourth-order valence-corrected chi connectivity index (χ4v) is 0. The molecule has 2 N–H and O–H groups in total. The molecule has 0 saturated carbocycles. The summed E-state index contributed by atoms with van der Waals surface area (Å²) in [5.41, 5.74) is 0. The van der Waals surface area contributed by atoms with Crippen LogP contribution in [0, 0.1) is 0 Å². The Bertz CT molecular complexity index is 31.1. The van der Waals surface area contributed by atoms with Crippen LogP contribution in [0.4, 0.5) is 4.79 Å². The minimum Gasteiger partial charge on any atom is -0.727 e. The third kappa shape index (κ3) is 631. The number of carbonyl (C=O) groups is 1. The molecule has 38 valence electrons. The predicted molar refractivity (Wildman–Crippen MR) is 16.4 cm³/mol. The van der Waals surface area contributed by atoms with E-state index < -0.39 is 6.16 Å². The molecule has 0 heterocycles. The van der Waals surface area contributed by atoms with E-state index in [-0.39, 0.29) is 37.7 Å². The molecule has 0 aliphatic carbocycles. The zero-order valence-corrected chi connectivity index (χ0v) is 5.53. The zero-order chi connectivity index (χ0) is 5.58. The van der Waals surface area contributed by atoms with Crippen molar-refractivity contribution in [2.24, 2.45) is 0 Å². The average molecular weight is 134 g/mol. The van der Waals surface area contributed by atoms with Gasteiger partial charge in [0, 0.05) is 0 Å². The minimum absolute atomic E-state index is 0. The van der Waals surface area contributed by atoms with Gasteiger partial charge in [0.1, 0.15) is 0 Å². The topological polar surface area (TPSA) is 104 Å². The van der Waals surface area contributed by atoms with Gasteiger partial charge in [-0.2, -0.15) is 0 Å². The van der Waals surface area contributed by atoms with E-state index in [4.69, 9.17) is 25.5 Å². The van der Waals surface area contributed by atoms with Crippen molar-refractivity contribution in [3.05, 3.63) is 0 Å². The summed E-state index contributed by atoms with van der Waals surface area (Å²) < 4.78 is 0. The maximum Gasteiger partial charge on any atom is 2.00 e. The van der Waals surface area contributed by atoms with E-state index in [1.54, 1.807) is 0 Å². The number of hydrogen-bond donors (Lipinski definition) is 2. The normalized spacial score (nSPS) is 4.29. The van der Waals surface area contributed by atoms with Crippen LogP contribution < -0.4 is 10.4 Å². The molecule has 0 aliphatic heterocycles. The minimum atomic E-state index is -2.08. The molecule has 0 fully saturated rings. The molecule has 0 rings (SSSR count).